The first-order valence-electron chi connectivity index (χ1n) is 10.6. The van der Waals surface area contributed by atoms with E-state index in [4.69, 9.17) is 0 Å². The first kappa shape index (κ1) is 18.7. The summed E-state index contributed by atoms with van der Waals surface area (Å²) in [4.78, 5) is 26.3. The van der Waals surface area contributed by atoms with Gasteiger partial charge < -0.3 is 19.7 Å². The molecule has 0 saturated carbocycles. The van der Waals surface area contributed by atoms with Crippen molar-refractivity contribution in [2.24, 2.45) is 0 Å². The number of amides is 2. The third kappa shape index (κ3) is 3.54. The molecular formula is C24H29N5O. The van der Waals surface area contributed by atoms with Crippen molar-refractivity contribution in [2.45, 2.75) is 18.3 Å². The van der Waals surface area contributed by atoms with Crippen LogP contribution in [-0.4, -0.2) is 59.0 Å². The normalized spacial score (nSPS) is 19.0. The number of likely N-dealkylation sites (tertiary alicyclic amines) is 2. The van der Waals surface area contributed by atoms with Gasteiger partial charge in [-0.1, -0.05) is 30.3 Å². The second kappa shape index (κ2) is 7.86. The molecule has 2 aromatic carbocycles. The lowest BCUT2D eigenvalue weighted by molar-refractivity contribution is 0.121. The molecule has 156 valence electrons. The molecule has 3 aromatic rings. The number of nitrogens with zero attached hydrogens (tertiary/aromatic N) is 4. The van der Waals surface area contributed by atoms with Crippen LogP contribution in [0.4, 0.5) is 16.2 Å². The SMILES string of the molecule is CN(c1ccccc1)c1ccc(C2CN(C(=O)N3CC[C@H](c4cnc[nH]4)C3)C2)cc1.[HH]. The van der Waals surface area contributed by atoms with Crippen LogP contribution >= 0.6 is 0 Å². The van der Waals surface area contributed by atoms with E-state index in [9.17, 15) is 4.79 Å². The Hall–Kier alpha value is -3.28. The Morgan fingerprint density at radius 1 is 1.00 bits per heavy atom. The lowest BCUT2D eigenvalue weighted by Gasteiger charge is -2.41. The second-order valence-electron chi connectivity index (χ2n) is 8.31. The van der Waals surface area contributed by atoms with Gasteiger partial charge in [0.05, 0.1) is 6.33 Å². The first-order chi connectivity index (χ1) is 14.7. The summed E-state index contributed by atoms with van der Waals surface area (Å²) in [7, 11) is 2.08. The Labute approximate surface area is 178 Å². The van der Waals surface area contributed by atoms with Crippen molar-refractivity contribution >= 4 is 17.4 Å². The van der Waals surface area contributed by atoms with E-state index in [0.29, 0.717) is 11.8 Å². The standard InChI is InChI=1S/C24H27N5O.H2/c1-27(21-5-3-2-4-6-21)22-9-7-18(8-10-22)20-15-29(16-20)24(30)28-12-11-19(14-28)23-13-25-17-26-23;/h2-10,13,17,19-20H,11-12,14-16H2,1H3,(H,25,26);1H/t19-;/m0./s1. The number of imidazole rings is 1. The minimum absolute atomic E-state index is 0. The van der Waals surface area contributed by atoms with Crippen LogP contribution in [-0.2, 0) is 0 Å². The van der Waals surface area contributed by atoms with Gasteiger partial charge in [0.25, 0.3) is 0 Å². The molecular weight excluding hydrogens is 374 g/mol. The van der Waals surface area contributed by atoms with E-state index in [2.05, 4.69) is 70.4 Å². The average molecular weight is 404 g/mol. The Kier molecular flexibility index (Phi) is 4.91. The quantitative estimate of drug-likeness (QED) is 0.701. The highest BCUT2D eigenvalue weighted by Crippen LogP contribution is 2.32. The molecule has 2 amide bonds. The van der Waals surface area contributed by atoms with Gasteiger partial charge in [-0.2, -0.15) is 0 Å². The number of anilines is 2. The third-order valence-corrected chi connectivity index (χ3v) is 6.47. The van der Waals surface area contributed by atoms with E-state index >= 15 is 0 Å². The zero-order chi connectivity index (χ0) is 20.5. The number of H-pyrrole nitrogens is 1. The number of rotatable bonds is 4. The summed E-state index contributed by atoms with van der Waals surface area (Å²) in [5.74, 6) is 0.804. The minimum Gasteiger partial charge on any atom is -0.348 e. The number of nitrogens with one attached hydrogen (secondary N) is 1. The lowest BCUT2D eigenvalue weighted by atomic mass is 9.91. The van der Waals surface area contributed by atoms with Gasteiger partial charge in [0.15, 0.2) is 0 Å². The first-order valence-corrected chi connectivity index (χ1v) is 10.6. The molecule has 0 unspecified atom stereocenters. The molecule has 1 N–H and O–H groups in total. The van der Waals surface area contributed by atoms with Crippen LogP contribution in [0, 0.1) is 0 Å². The summed E-state index contributed by atoms with van der Waals surface area (Å²) in [6.07, 6.45) is 4.58. The molecule has 3 heterocycles. The van der Waals surface area contributed by atoms with Gasteiger partial charge in [0, 0.05) is 69.8 Å². The average Bonchev–Trinajstić information content (AvgIpc) is 3.45. The number of aromatic nitrogens is 2. The van der Waals surface area contributed by atoms with Gasteiger partial charge in [0.1, 0.15) is 0 Å². The molecule has 6 heteroatoms. The van der Waals surface area contributed by atoms with Crippen LogP contribution in [0.25, 0.3) is 0 Å². The summed E-state index contributed by atoms with van der Waals surface area (Å²) in [6, 6.07) is 19.3. The molecule has 1 atom stereocenters. The molecule has 1 aromatic heterocycles. The fraction of sp³-hybridized carbons (Fsp3) is 0.333. The second-order valence-corrected chi connectivity index (χ2v) is 8.31. The van der Waals surface area contributed by atoms with Crippen LogP contribution in [0.2, 0.25) is 0 Å². The van der Waals surface area contributed by atoms with Crippen molar-refractivity contribution in [3.05, 3.63) is 78.4 Å². The summed E-state index contributed by atoms with van der Waals surface area (Å²) in [6.45, 7) is 3.21. The van der Waals surface area contributed by atoms with Crippen molar-refractivity contribution in [1.29, 1.82) is 0 Å². The van der Waals surface area contributed by atoms with Crippen LogP contribution < -0.4 is 4.90 Å². The third-order valence-electron chi connectivity index (χ3n) is 6.47. The number of aromatic amines is 1. The van der Waals surface area contributed by atoms with E-state index < -0.39 is 0 Å². The van der Waals surface area contributed by atoms with E-state index in [0.717, 1.165) is 38.3 Å². The van der Waals surface area contributed by atoms with Gasteiger partial charge in [-0.15, -0.1) is 0 Å². The molecule has 30 heavy (non-hydrogen) atoms. The number of hydrogen-bond acceptors (Lipinski definition) is 3. The van der Waals surface area contributed by atoms with Gasteiger partial charge >= 0.3 is 6.03 Å². The Bertz CT molecular complexity index is 987. The predicted molar refractivity (Wildman–Crippen MR) is 120 cm³/mol. The van der Waals surface area contributed by atoms with Crippen LogP contribution in [0.1, 0.15) is 30.9 Å². The highest BCUT2D eigenvalue weighted by Gasteiger charge is 2.37. The van der Waals surface area contributed by atoms with Crippen LogP contribution in [0.5, 0.6) is 0 Å². The van der Waals surface area contributed by atoms with Crippen LogP contribution in [0.15, 0.2) is 67.1 Å². The summed E-state index contributed by atoms with van der Waals surface area (Å²) < 4.78 is 0. The molecule has 0 spiro atoms. The van der Waals surface area contributed by atoms with Gasteiger partial charge in [0.2, 0.25) is 0 Å². The largest absolute Gasteiger partial charge is 0.348 e. The van der Waals surface area contributed by atoms with Gasteiger partial charge in [-0.3, -0.25) is 0 Å². The molecule has 0 radical (unpaired) electrons. The predicted octanol–water partition coefficient (Wildman–Crippen LogP) is 4.43. The fourth-order valence-corrected chi connectivity index (χ4v) is 4.49. The van der Waals surface area contributed by atoms with Gasteiger partial charge in [-0.25, -0.2) is 9.78 Å². The van der Waals surface area contributed by atoms with Crippen molar-refractivity contribution in [3.63, 3.8) is 0 Å². The van der Waals surface area contributed by atoms with E-state index in [1.54, 1.807) is 6.33 Å². The highest BCUT2D eigenvalue weighted by molar-refractivity contribution is 5.76. The maximum absolute atomic E-state index is 12.8. The molecule has 2 aliphatic heterocycles. The molecule has 2 fully saturated rings. The minimum atomic E-state index is 0. The monoisotopic (exact) mass is 403 g/mol. The highest BCUT2D eigenvalue weighted by atomic mass is 16.2. The number of benzene rings is 2. The molecule has 2 saturated heterocycles. The van der Waals surface area contributed by atoms with Gasteiger partial charge in [-0.05, 0) is 36.2 Å². The number of urea groups is 1. The number of para-hydroxylation sites is 1. The smallest absolute Gasteiger partial charge is 0.320 e. The Balaban J connectivity index is 0.00000231. The molecule has 6 nitrogen and oxygen atoms in total. The molecule has 5 rings (SSSR count). The maximum atomic E-state index is 12.8. The van der Waals surface area contributed by atoms with E-state index in [1.165, 1.54) is 16.9 Å². The fourth-order valence-electron chi connectivity index (χ4n) is 4.49. The zero-order valence-electron chi connectivity index (χ0n) is 17.2. The number of carbonyl (C=O) groups is 1. The van der Waals surface area contributed by atoms with Crippen molar-refractivity contribution in [3.8, 4) is 0 Å². The molecule has 2 aliphatic rings. The number of hydrogen-bond donors (Lipinski definition) is 1. The molecule has 0 bridgehead atoms. The Morgan fingerprint density at radius 2 is 1.70 bits per heavy atom. The van der Waals surface area contributed by atoms with Crippen molar-refractivity contribution in [1.82, 2.24) is 19.8 Å². The Morgan fingerprint density at radius 3 is 2.40 bits per heavy atom. The summed E-state index contributed by atoms with van der Waals surface area (Å²) in [5, 5.41) is 0. The summed E-state index contributed by atoms with van der Waals surface area (Å²) in [5.41, 5.74) is 4.78. The zero-order valence-corrected chi connectivity index (χ0v) is 17.2. The van der Waals surface area contributed by atoms with E-state index in [-0.39, 0.29) is 7.46 Å². The maximum Gasteiger partial charge on any atom is 0.320 e. The number of carbonyl (C=O) groups excluding carboxylic acids is 1. The lowest BCUT2D eigenvalue weighted by Crippen LogP contribution is -2.53. The summed E-state index contributed by atoms with van der Waals surface area (Å²) >= 11 is 0. The van der Waals surface area contributed by atoms with E-state index in [1.807, 2.05) is 22.1 Å². The van der Waals surface area contributed by atoms with Crippen LogP contribution in [0.3, 0.4) is 0 Å². The van der Waals surface area contributed by atoms with Crippen molar-refractivity contribution in [2.75, 3.05) is 38.1 Å². The topological polar surface area (TPSA) is 55.5 Å². The molecule has 0 aliphatic carbocycles. The van der Waals surface area contributed by atoms with Crippen molar-refractivity contribution < 1.29 is 6.22 Å².